The molecule has 0 saturated heterocycles. The molecule has 0 aliphatic rings. The molecule has 0 radical (unpaired) electrons. The molecule has 1 aromatic heterocycles. The fraction of sp³-hybridized carbons (Fsp3) is 0.0769. The van der Waals surface area contributed by atoms with Crippen LogP contribution in [-0.4, -0.2) is 16.2 Å². The summed E-state index contributed by atoms with van der Waals surface area (Å²) in [5.74, 6) is 0.162. The maximum absolute atomic E-state index is 12.3. The third-order valence-electron chi connectivity index (χ3n) is 4.90. The Morgan fingerprint density at radius 2 is 1.66 bits per heavy atom. The van der Waals surface area contributed by atoms with Crippen molar-refractivity contribution in [2.45, 2.75) is 13.8 Å². The number of aromatic amines is 1. The minimum atomic E-state index is -0.518. The highest BCUT2D eigenvalue weighted by Crippen LogP contribution is 2.23. The van der Waals surface area contributed by atoms with Crippen LogP contribution in [0.3, 0.4) is 0 Å². The Morgan fingerprint density at radius 3 is 2.38 bits per heavy atom. The molecular weight excluding hydrogens is 398 g/mol. The van der Waals surface area contributed by atoms with Crippen molar-refractivity contribution >= 4 is 12.2 Å². The fourth-order valence-electron chi connectivity index (χ4n) is 3.54. The summed E-state index contributed by atoms with van der Waals surface area (Å²) >= 11 is 0. The van der Waals surface area contributed by atoms with E-state index in [1.807, 2.05) is 42.5 Å². The van der Waals surface area contributed by atoms with E-state index < -0.39 is 5.56 Å². The number of rotatable bonds is 5. The lowest BCUT2D eigenvalue weighted by atomic mass is 9.99. The van der Waals surface area contributed by atoms with E-state index in [1.54, 1.807) is 18.3 Å². The number of hydrogen-bond acceptors (Lipinski definition) is 5. The molecule has 0 bridgehead atoms. The number of aromatic nitrogens is 2. The van der Waals surface area contributed by atoms with E-state index in [9.17, 15) is 10.1 Å². The van der Waals surface area contributed by atoms with Gasteiger partial charge >= 0.3 is 0 Å². The van der Waals surface area contributed by atoms with Gasteiger partial charge in [0.2, 0.25) is 5.95 Å². The van der Waals surface area contributed by atoms with E-state index in [-0.39, 0.29) is 11.5 Å². The summed E-state index contributed by atoms with van der Waals surface area (Å²) in [5, 5.41) is 13.6. The Hall–Kier alpha value is -4.50. The van der Waals surface area contributed by atoms with Crippen LogP contribution in [-0.2, 0) is 0 Å². The van der Waals surface area contributed by atoms with Gasteiger partial charge in [0.15, 0.2) is 0 Å². The molecule has 3 aromatic carbocycles. The molecular formula is C26H21N5O. The standard InChI is InChI=1S/C26H21N5O/c1-17-11-18(2)13-22(12-17)21-10-6-7-19(14-21)16-28-31-26-29-24(20-8-4-3-5-9-20)23(15-27)25(32)30-26/h3-14,16H,1-2H3,(H2,29,30,31,32). The number of H-pyrrole nitrogens is 1. The molecule has 1 heterocycles. The topological polar surface area (TPSA) is 93.9 Å². The fourth-order valence-corrected chi connectivity index (χ4v) is 3.54. The molecule has 0 amide bonds. The van der Waals surface area contributed by atoms with Gasteiger partial charge in [-0.2, -0.15) is 10.4 Å². The van der Waals surface area contributed by atoms with Gasteiger partial charge in [0.05, 0.1) is 11.9 Å². The maximum Gasteiger partial charge on any atom is 0.270 e. The van der Waals surface area contributed by atoms with E-state index in [4.69, 9.17) is 0 Å². The van der Waals surface area contributed by atoms with Gasteiger partial charge in [-0.3, -0.25) is 9.78 Å². The van der Waals surface area contributed by atoms with Crippen LogP contribution >= 0.6 is 0 Å². The van der Waals surface area contributed by atoms with Crippen LogP contribution in [0.25, 0.3) is 22.4 Å². The Balaban J connectivity index is 1.59. The molecule has 0 spiro atoms. The van der Waals surface area contributed by atoms with Crippen LogP contribution in [0.4, 0.5) is 5.95 Å². The van der Waals surface area contributed by atoms with Crippen LogP contribution in [0.15, 0.2) is 82.7 Å². The van der Waals surface area contributed by atoms with Crippen molar-refractivity contribution in [2.24, 2.45) is 5.10 Å². The van der Waals surface area contributed by atoms with Crippen molar-refractivity contribution in [3.05, 3.63) is 105 Å². The average Bonchev–Trinajstić information content (AvgIpc) is 2.79. The molecule has 156 valence electrons. The van der Waals surface area contributed by atoms with Gasteiger partial charge in [-0.25, -0.2) is 10.4 Å². The molecule has 0 fully saturated rings. The molecule has 4 rings (SSSR count). The summed E-state index contributed by atoms with van der Waals surface area (Å²) < 4.78 is 0. The summed E-state index contributed by atoms with van der Waals surface area (Å²) in [6, 6.07) is 25.5. The summed E-state index contributed by atoms with van der Waals surface area (Å²) in [6.45, 7) is 4.17. The molecule has 6 nitrogen and oxygen atoms in total. The van der Waals surface area contributed by atoms with E-state index in [2.05, 4.69) is 58.6 Å². The highest BCUT2D eigenvalue weighted by molar-refractivity contribution is 5.83. The van der Waals surface area contributed by atoms with Crippen molar-refractivity contribution in [2.75, 3.05) is 5.43 Å². The zero-order valence-corrected chi connectivity index (χ0v) is 17.8. The quantitative estimate of drug-likeness (QED) is 0.350. The minimum absolute atomic E-state index is 0.0353. The van der Waals surface area contributed by atoms with E-state index in [0.29, 0.717) is 11.3 Å². The molecule has 0 saturated carbocycles. The summed E-state index contributed by atoms with van der Waals surface area (Å²) in [7, 11) is 0. The van der Waals surface area contributed by atoms with Gasteiger partial charge in [0, 0.05) is 5.56 Å². The maximum atomic E-state index is 12.3. The Morgan fingerprint density at radius 1 is 0.938 bits per heavy atom. The van der Waals surface area contributed by atoms with Crippen molar-refractivity contribution in [3.63, 3.8) is 0 Å². The molecule has 0 atom stereocenters. The molecule has 32 heavy (non-hydrogen) atoms. The van der Waals surface area contributed by atoms with Crippen molar-refractivity contribution in [1.82, 2.24) is 9.97 Å². The number of aryl methyl sites for hydroxylation is 2. The number of benzene rings is 3. The molecule has 0 unspecified atom stereocenters. The first-order valence-corrected chi connectivity index (χ1v) is 10.1. The Kier molecular flexibility index (Phi) is 5.91. The normalized spacial score (nSPS) is 10.8. The smallest absolute Gasteiger partial charge is 0.270 e. The lowest BCUT2D eigenvalue weighted by molar-refractivity contribution is 1.08. The van der Waals surface area contributed by atoms with E-state index in [1.165, 1.54) is 11.1 Å². The lowest BCUT2D eigenvalue weighted by Crippen LogP contribution is -2.16. The third kappa shape index (κ3) is 4.63. The zero-order valence-electron chi connectivity index (χ0n) is 17.8. The predicted molar refractivity (Wildman–Crippen MR) is 128 cm³/mol. The second-order valence-corrected chi connectivity index (χ2v) is 7.49. The highest BCUT2D eigenvalue weighted by Gasteiger charge is 2.12. The monoisotopic (exact) mass is 419 g/mol. The first-order chi connectivity index (χ1) is 15.5. The zero-order chi connectivity index (χ0) is 22.5. The first-order valence-electron chi connectivity index (χ1n) is 10.1. The molecule has 6 heteroatoms. The van der Waals surface area contributed by atoms with Crippen molar-refractivity contribution < 1.29 is 0 Å². The number of nitrogens with one attached hydrogen (secondary N) is 2. The van der Waals surface area contributed by atoms with Crippen LogP contribution in [0.2, 0.25) is 0 Å². The Labute approximate surface area is 185 Å². The first kappa shape index (κ1) is 20.8. The lowest BCUT2D eigenvalue weighted by Gasteiger charge is -2.07. The highest BCUT2D eigenvalue weighted by atomic mass is 16.1. The molecule has 0 aliphatic carbocycles. The van der Waals surface area contributed by atoms with E-state index in [0.717, 1.165) is 16.7 Å². The number of nitriles is 1. The van der Waals surface area contributed by atoms with Gasteiger partial charge in [0.25, 0.3) is 5.56 Å². The number of nitrogens with zero attached hydrogens (tertiary/aromatic N) is 3. The summed E-state index contributed by atoms with van der Waals surface area (Å²) in [6.07, 6.45) is 1.66. The predicted octanol–water partition coefficient (Wildman–Crippen LogP) is 5.04. The largest absolute Gasteiger partial charge is 0.290 e. The van der Waals surface area contributed by atoms with Crippen LogP contribution < -0.4 is 11.0 Å². The van der Waals surface area contributed by atoms with Crippen LogP contribution in [0.5, 0.6) is 0 Å². The van der Waals surface area contributed by atoms with E-state index >= 15 is 0 Å². The van der Waals surface area contributed by atoms with Gasteiger partial charge in [-0.1, -0.05) is 77.9 Å². The number of hydrogen-bond donors (Lipinski definition) is 2. The third-order valence-corrected chi connectivity index (χ3v) is 4.90. The molecule has 2 N–H and O–H groups in total. The summed E-state index contributed by atoms with van der Waals surface area (Å²) in [4.78, 5) is 19.3. The second-order valence-electron chi connectivity index (χ2n) is 7.49. The minimum Gasteiger partial charge on any atom is -0.290 e. The van der Waals surface area contributed by atoms with Crippen molar-refractivity contribution in [3.8, 4) is 28.5 Å². The average molecular weight is 419 g/mol. The van der Waals surface area contributed by atoms with Gasteiger partial charge < -0.3 is 0 Å². The Bertz CT molecular complexity index is 1380. The summed E-state index contributed by atoms with van der Waals surface area (Å²) in [5.41, 5.74) is 8.78. The van der Waals surface area contributed by atoms with Gasteiger partial charge in [-0.15, -0.1) is 0 Å². The second kappa shape index (κ2) is 9.11. The van der Waals surface area contributed by atoms with Crippen LogP contribution in [0.1, 0.15) is 22.3 Å². The number of anilines is 1. The van der Waals surface area contributed by atoms with Crippen LogP contribution in [0, 0.1) is 25.2 Å². The molecule has 4 aromatic rings. The van der Waals surface area contributed by atoms with Crippen molar-refractivity contribution in [1.29, 1.82) is 5.26 Å². The van der Waals surface area contributed by atoms with Gasteiger partial charge in [-0.05, 0) is 36.6 Å². The molecule has 0 aliphatic heterocycles. The SMILES string of the molecule is Cc1cc(C)cc(-c2cccc(C=NNc3nc(-c4ccccc4)c(C#N)c(=O)[nH]3)c2)c1. The number of hydrazone groups is 1. The van der Waals surface area contributed by atoms with Gasteiger partial charge in [0.1, 0.15) is 11.6 Å².